The summed E-state index contributed by atoms with van der Waals surface area (Å²) in [6, 6.07) is 24.6. The highest BCUT2D eigenvalue weighted by Gasteiger charge is 2.28. The first-order valence-electron chi connectivity index (χ1n) is 18.8. The van der Waals surface area contributed by atoms with E-state index in [1.54, 1.807) is 58.1 Å². The maximum Gasteiger partial charge on any atom is 0.488 e. The summed E-state index contributed by atoms with van der Waals surface area (Å²) in [7, 11) is -1.74. The predicted octanol–water partition coefficient (Wildman–Crippen LogP) is 3.67. The van der Waals surface area contributed by atoms with Gasteiger partial charge in [0.25, 0.3) is 11.8 Å². The fraction of sp³-hybridized carbons (Fsp3) is 0.163. The van der Waals surface area contributed by atoms with Crippen molar-refractivity contribution in [2.45, 2.75) is 32.0 Å². The molecule has 0 spiro atoms. The highest BCUT2D eigenvalue weighted by atomic mass is 19.1. The summed E-state index contributed by atoms with van der Waals surface area (Å²) >= 11 is 0. The van der Waals surface area contributed by atoms with E-state index < -0.39 is 30.6 Å². The molecule has 0 aliphatic carbocycles. The molecule has 1 fully saturated rings. The number of likely N-dealkylation sites (tertiary alicyclic amines) is 1. The van der Waals surface area contributed by atoms with E-state index in [9.17, 15) is 18.8 Å². The van der Waals surface area contributed by atoms with E-state index in [1.807, 2.05) is 12.1 Å². The third-order valence-electron chi connectivity index (χ3n) is 9.84. The summed E-state index contributed by atoms with van der Waals surface area (Å²) in [5.74, 6) is -1.95. The van der Waals surface area contributed by atoms with Crippen molar-refractivity contribution in [3.05, 3.63) is 149 Å². The lowest BCUT2D eigenvalue weighted by molar-refractivity contribution is -0.127. The molecule has 1 aliphatic rings. The highest BCUT2D eigenvalue weighted by Crippen LogP contribution is 2.34. The Morgan fingerprint density at radius 1 is 0.885 bits per heavy atom. The molecule has 7 rings (SSSR count). The molecule has 2 aromatic heterocycles. The molecular weight excluding hydrogens is 785 g/mol. The van der Waals surface area contributed by atoms with E-state index in [0.29, 0.717) is 57.6 Å². The number of anilines is 1. The molecule has 1 atom stereocenters. The lowest BCUT2D eigenvalue weighted by Gasteiger charge is -2.32. The minimum absolute atomic E-state index is 0.0364. The first-order chi connectivity index (χ1) is 29.4. The predicted molar refractivity (Wildman–Crippen MR) is 221 cm³/mol. The van der Waals surface area contributed by atoms with Gasteiger partial charge in [0, 0.05) is 54.0 Å². The quantitative estimate of drug-likeness (QED) is 0.0988. The molecule has 0 radical (unpaired) electrons. The summed E-state index contributed by atoms with van der Waals surface area (Å²) in [5.41, 5.74) is 9.51. The van der Waals surface area contributed by atoms with E-state index in [1.165, 1.54) is 42.7 Å². The van der Waals surface area contributed by atoms with E-state index in [0.717, 1.165) is 18.9 Å². The van der Waals surface area contributed by atoms with Crippen molar-refractivity contribution in [2.75, 3.05) is 18.8 Å². The summed E-state index contributed by atoms with van der Waals surface area (Å²) in [6.07, 6.45) is 4.22. The topological polar surface area (TPSA) is 236 Å². The number of nitrogen functional groups attached to an aromatic ring is 1. The molecule has 1 aliphatic heterocycles. The number of halogens is 2. The maximum absolute atomic E-state index is 15.2. The van der Waals surface area contributed by atoms with Crippen molar-refractivity contribution in [1.29, 1.82) is 10.5 Å². The van der Waals surface area contributed by atoms with Crippen LogP contribution in [0.2, 0.25) is 0 Å². The van der Waals surface area contributed by atoms with Crippen LogP contribution in [0.5, 0.6) is 0 Å². The molecule has 0 unspecified atom stereocenters. The van der Waals surface area contributed by atoms with Crippen molar-refractivity contribution in [1.82, 2.24) is 35.3 Å². The second kappa shape index (κ2) is 19.3. The smallest absolute Gasteiger partial charge is 0.423 e. The Labute approximate surface area is 348 Å². The molecule has 18 heteroatoms. The first-order valence-corrected chi connectivity index (χ1v) is 18.8. The van der Waals surface area contributed by atoms with Crippen LogP contribution in [0, 0.1) is 34.3 Å². The van der Waals surface area contributed by atoms with E-state index in [4.69, 9.17) is 31.4 Å². The molecule has 0 saturated carbocycles. The Balaban J connectivity index is 0.000000240. The van der Waals surface area contributed by atoms with E-state index in [2.05, 4.69) is 27.2 Å². The fourth-order valence-electron chi connectivity index (χ4n) is 6.66. The van der Waals surface area contributed by atoms with Gasteiger partial charge in [-0.3, -0.25) is 14.4 Å². The number of carbonyl (C=O) groups excluding carboxylic acids is 3. The van der Waals surface area contributed by atoms with Gasteiger partial charge >= 0.3 is 7.12 Å². The zero-order valence-electron chi connectivity index (χ0n) is 32.4. The van der Waals surface area contributed by atoms with Crippen LogP contribution < -0.4 is 21.8 Å². The van der Waals surface area contributed by atoms with Crippen molar-refractivity contribution in [3.63, 3.8) is 0 Å². The third kappa shape index (κ3) is 10.1. The highest BCUT2D eigenvalue weighted by molar-refractivity contribution is 6.58. The Hall–Kier alpha value is -7.80. The molecule has 0 bridgehead atoms. The van der Waals surface area contributed by atoms with Crippen molar-refractivity contribution >= 4 is 47.2 Å². The van der Waals surface area contributed by atoms with Gasteiger partial charge in [-0.15, -0.1) is 0 Å². The van der Waals surface area contributed by atoms with E-state index in [-0.39, 0.29) is 47.4 Å². The molecule has 15 nitrogen and oxygen atoms in total. The molecule has 4 aromatic carbocycles. The normalized spacial score (nSPS) is 13.2. The molecule has 3 heterocycles. The number of nitrogens with one attached hydrogen (secondary N) is 2. The number of nitrogens with zero attached hydrogens (tertiary/aromatic N) is 7. The number of benzene rings is 4. The summed E-state index contributed by atoms with van der Waals surface area (Å²) < 4.78 is 30.7. The van der Waals surface area contributed by atoms with Gasteiger partial charge in [-0.2, -0.15) is 15.6 Å². The zero-order valence-corrected chi connectivity index (χ0v) is 32.4. The monoisotopic (exact) mass is 822 g/mol. The second-order valence-corrected chi connectivity index (χ2v) is 13.8. The van der Waals surface area contributed by atoms with Gasteiger partial charge < -0.3 is 31.3 Å². The van der Waals surface area contributed by atoms with Gasteiger partial charge in [0.15, 0.2) is 5.65 Å². The molecule has 1 saturated heterocycles. The van der Waals surface area contributed by atoms with Crippen LogP contribution in [0.25, 0.3) is 22.3 Å². The molecule has 3 amide bonds. The SMILES string of the molecule is C=CC(=O)N1CCC[C@@H](n2nc(-c3ccc(CNC(=O)c4cccc(C#N)c4)c(F)c3)c3c(N)ncnc32)C1.N#Cc1cccc(C(=O)NCc2ccc(B(O)O)cc2F)c1. The number of nitrogens with two attached hydrogens (primary N) is 1. The van der Waals surface area contributed by atoms with Gasteiger partial charge in [-0.05, 0) is 72.9 Å². The minimum Gasteiger partial charge on any atom is -0.423 e. The van der Waals surface area contributed by atoms with Crippen LogP contribution in [0.1, 0.15) is 61.9 Å². The van der Waals surface area contributed by atoms with Gasteiger partial charge in [-0.25, -0.2) is 23.4 Å². The largest absolute Gasteiger partial charge is 0.488 e. The Morgan fingerprint density at radius 2 is 1.49 bits per heavy atom. The van der Waals surface area contributed by atoms with Gasteiger partial charge in [0.1, 0.15) is 29.5 Å². The van der Waals surface area contributed by atoms with Crippen LogP contribution in [0.3, 0.4) is 0 Å². The second-order valence-electron chi connectivity index (χ2n) is 13.8. The lowest BCUT2D eigenvalue weighted by Crippen LogP contribution is -2.40. The van der Waals surface area contributed by atoms with Crippen molar-refractivity contribution in [3.8, 4) is 23.4 Å². The van der Waals surface area contributed by atoms with Crippen LogP contribution >= 0.6 is 0 Å². The summed E-state index contributed by atoms with van der Waals surface area (Å²) in [4.78, 5) is 46.9. The number of hydrogen-bond donors (Lipinski definition) is 5. The zero-order chi connectivity index (χ0) is 43.6. The van der Waals surface area contributed by atoms with Crippen molar-refractivity contribution in [2.24, 2.45) is 0 Å². The van der Waals surface area contributed by atoms with Crippen molar-refractivity contribution < 1.29 is 33.2 Å². The minimum atomic E-state index is -1.74. The number of fused-ring (bicyclic) bond motifs is 1. The molecule has 6 aromatic rings. The Bertz CT molecular complexity index is 2730. The van der Waals surface area contributed by atoms with Crippen LogP contribution in [-0.4, -0.2) is 72.6 Å². The van der Waals surface area contributed by atoms with Gasteiger partial charge in [-0.1, -0.05) is 43.0 Å². The summed E-state index contributed by atoms with van der Waals surface area (Å²) in [5, 5.41) is 46.2. The molecule has 306 valence electrons. The number of carbonyl (C=O) groups is 3. The summed E-state index contributed by atoms with van der Waals surface area (Å²) in [6.45, 7) is 4.56. The van der Waals surface area contributed by atoms with Gasteiger partial charge in [0.05, 0.1) is 34.7 Å². The number of piperidine rings is 1. The third-order valence-corrected chi connectivity index (χ3v) is 9.84. The number of nitriles is 2. The first kappa shape index (κ1) is 42.8. The maximum atomic E-state index is 15.2. The standard InChI is InChI=1S/C28H25FN8O2.C15H12BFN2O3/c1-2-23(38)36-10-4-7-21(15-36)37-27-24(26(31)33-16-34-27)25(35-37)18-8-9-20(22(29)12-18)14-32-28(39)19-6-3-5-17(11-19)13-30;17-14-7-13(16(21)22)5-4-12(14)9-19-15(20)11-3-1-2-10(6-11)8-18/h2-3,5-6,8-9,11-12,16,21H,1,4,7,10,14-15H2,(H,32,39)(H2,31,33,34);1-7,21-22H,9H2,(H,19,20)/t21-;/m1./s1. The number of rotatable bonds is 10. The molecule has 6 N–H and O–H groups in total. The van der Waals surface area contributed by atoms with Crippen LogP contribution in [0.15, 0.2) is 104 Å². The van der Waals surface area contributed by atoms with Crippen LogP contribution in [-0.2, 0) is 17.9 Å². The van der Waals surface area contributed by atoms with Crippen LogP contribution in [0.4, 0.5) is 14.6 Å². The molecule has 61 heavy (non-hydrogen) atoms. The fourth-order valence-corrected chi connectivity index (χ4v) is 6.66. The molecular formula is C43H37BF2N10O5. The van der Waals surface area contributed by atoms with Gasteiger partial charge in [0.2, 0.25) is 5.91 Å². The van der Waals surface area contributed by atoms with E-state index >= 15 is 4.39 Å². The Morgan fingerprint density at radius 3 is 2.05 bits per heavy atom. The average molecular weight is 823 g/mol. The number of aromatic nitrogens is 4. The number of hydrogen-bond acceptors (Lipinski definition) is 11. The average Bonchev–Trinajstić information content (AvgIpc) is 3.69. The number of amides is 3. The Kier molecular flexibility index (Phi) is 13.5. The lowest BCUT2D eigenvalue weighted by atomic mass is 9.80.